The Morgan fingerprint density at radius 3 is 2.67 bits per heavy atom. The normalized spacial score (nSPS) is 11.4. The Labute approximate surface area is 88.5 Å². The number of benzene rings is 1. The van der Waals surface area contributed by atoms with E-state index < -0.39 is 6.29 Å². The standard InChI is InChI=1S/C11H15NO3/c13-10-5-2-1-4-9(10)8-12-7-3-6-11(14)15/h1-2,4-5,8,11,13-15H,3,6-7H2. The summed E-state index contributed by atoms with van der Waals surface area (Å²) in [6, 6.07) is 6.92. The zero-order valence-corrected chi connectivity index (χ0v) is 8.37. The van der Waals surface area contributed by atoms with E-state index in [9.17, 15) is 5.11 Å². The van der Waals surface area contributed by atoms with Gasteiger partial charge in [-0.05, 0) is 25.0 Å². The molecule has 0 aromatic heterocycles. The first kappa shape index (κ1) is 11.7. The molecule has 0 aliphatic carbocycles. The van der Waals surface area contributed by atoms with Crippen molar-refractivity contribution in [2.75, 3.05) is 6.54 Å². The maximum absolute atomic E-state index is 9.38. The molecule has 0 saturated carbocycles. The first-order chi connectivity index (χ1) is 7.20. The summed E-state index contributed by atoms with van der Waals surface area (Å²) in [6.45, 7) is 0.520. The summed E-state index contributed by atoms with van der Waals surface area (Å²) >= 11 is 0. The molecule has 0 unspecified atom stereocenters. The van der Waals surface area contributed by atoms with E-state index in [0.717, 1.165) is 0 Å². The fraction of sp³-hybridized carbons (Fsp3) is 0.364. The van der Waals surface area contributed by atoms with Crippen LogP contribution < -0.4 is 0 Å². The van der Waals surface area contributed by atoms with Crippen LogP contribution in [0.2, 0.25) is 0 Å². The first-order valence-electron chi connectivity index (χ1n) is 4.84. The molecule has 4 heteroatoms. The van der Waals surface area contributed by atoms with Crippen LogP contribution in [0.3, 0.4) is 0 Å². The lowest BCUT2D eigenvalue weighted by molar-refractivity contribution is -0.0457. The summed E-state index contributed by atoms with van der Waals surface area (Å²) in [7, 11) is 0. The maximum atomic E-state index is 9.38. The van der Waals surface area contributed by atoms with Gasteiger partial charge in [-0.2, -0.15) is 0 Å². The lowest BCUT2D eigenvalue weighted by atomic mass is 10.2. The summed E-state index contributed by atoms with van der Waals surface area (Å²) in [5.74, 6) is 0.198. The maximum Gasteiger partial charge on any atom is 0.151 e. The zero-order chi connectivity index (χ0) is 11.1. The lowest BCUT2D eigenvalue weighted by Crippen LogP contribution is -2.04. The highest BCUT2D eigenvalue weighted by molar-refractivity contribution is 5.83. The minimum atomic E-state index is -1.26. The predicted octanol–water partition coefficient (Wildman–Crippen LogP) is 0.902. The fourth-order valence-corrected chi connectivity index (χ4v) is 1.12. The monoisotopic (exact) mass is 209 g/mol. The Kier molecular flexibility index (Phi) is 4.80. The minimum absolute atomic E-state index is 0.198. The number of aromatic hydroxyl groups is 1. The van der Waals surface area contributed by atoms with Gasteiger partial charge in [0.05, 0.1) is 0 Å². The van der Waals surface area contributed by atoms with Crippen LogP contribution >= 0.6 is 0 Å². The third-order valence-electron chi connectivity index (χ3n) is 1.92. The van der Waals surface area contributed by atoms with Crippen molar-refractivity contribution in [3.63, 3.8) is 0 Å². The fourth-order valence-electron chi connectivity index (χ4n) is 1.12. The van der Waals surface area contributed by atoms with Crippen molar-refractivity contribution >= 4 is 6.21 Å². The molecular weight excluding hydrogens is 194 g/mol. The van der Waals surface area contributed by atoms with Crippen LogP contribution in [0.1, 0.15) is 18.4 Å². The molecule has 4 nitrogen and oxygen atoms in total. The van der Waals surface area contributed by atoms with E-state index in [1.165, 1.54) is 0 Å². The number of phenols is 1. The van der Waals surface area contributed by atoms with Crippen LogP contribution in [-0.4, -0.2) is 34.4 Å². The van der Waals surface area contributed by atoms with Gasteiger partial charge in [0.15, 0.2) is 6.29 Å². The zero-order valence-electron chi connectivity index (χ0n) is 8.37. The van der Waals surface area contributed by atoms with Crippen LogP contribution in [-0.2, 0) is 0 Å². The summed E-state index contributed by atoms with van der Waals surface area (Å²) in [4.78, 5) is 4.07. The topological polar surface area (TPSA) is 73.1 Å². The Hall–Kier alpha value is -1.39. The highest BCUT2D eigenvalue weighted by Crippen LogP contribution is 2.12. The Balaban J connectivity index is 2.35. The first-order valence-corrected chi connectivity index (χ1v) is 4.84. The molecule has 1 rings (SSSR count). The third-order valence-corrected chi connectivity index (χ3v) is 1.92. The molecular formula is C11H15NO3. The number of nitrogens with zero attached hydrogens (tertiary/aromatic N) is 1. The summed E-state index contributed by atoms with van der Waals surface area (Å²) < 4.78 is 0. The van der Waals surface area contributed by atoms with Crippen LogP contribution in [0.5, 0.6) is 5.75 Å². The Morgan fingerprint density at radius 1 is 1.27 bits per heavy atom. The average molecular weight is 209 g/mol. The van der Waals surface area contributed by atoms with Gasteiger partial charge < -0.3 is 15.3 Å². The van der Waals surface area contributed by atoms with Crippen molar-refractivity contribution in [3.8, 4) is 5.75 Å². The average Bonchev–Trinajstić information content (AvgIpc) is 2.20. The molecule has 1 aromatic rings. The minimum Gasteiger partial charge on any atom is -0.507 e. The van der Waals surface area contributed by atoms with Crippen LogP contribution in [0.15, 0.2) is 29.3 Å². The second-order valence-corrected chi connectivity index (χ2v) is 3.22. The van der Waals surface area contributed by atoms with Gasteiger partial charge in [0.25, 0.3) is 0 Å². The second-order valence-electron chi connectivity index (χ2n) is 3.22. The summed E-state index contributed by atoms with van der Waals surface area (Å²) in [5, 5.41) is 26.5. The van der Waals surface area contributed by atoms with E-state index in [1.54, 1.807) is 24.4 Å². The Morgan fingerprint density at radius 2 is 2.00 bits per heavy atom. The largest absolute Gasteiger partial charge is 0.507 e. The number of aliphatic hydroxyl groups excluding tert-OH is 1. The van der Waals surface area contributed by atoms with Gasteiger partial charge in [-0.1, -0.05) is 12.1 Å². The van der Waals surface area contributed by atoms with Gasteiger partial charge in [0, 0.05) is 18.3 Å². The smallest absolute Gasteiger partial charge is 0.151 e. The molecule has 0 saturated heterocycles. The number of hydrogen-bond acceptors (Lipinski definition) is 4. The van der Waals surface area contributed by atoms with E-state index >= 15 is 0 Å². The number of aliphatic imine (C=N–C) groups is 1. The molecule has 0 atom stereocenters. The molecule has 0 aliphatic rings. The highest BCUT2D eigenvalue weighted by Gasteiger charge is 1.96. The number of rotatable bonds is 5. The van der Waals surface area contributed by atoms with E-state index in [-0.39, 0.29) is 5.75 Å². The molecule has 0 heterocycles. The Bertz CT molecular complexity index is 323. The molecule has 3 N–H and O–H groups in total. The van der Waals surface area contributed by atoms with Crippen LogP contribution in [0.4, 0.5) is 0 Å². The molecule has 0 aliphatic heterocycles. The van der Waals surface area contributed by atoms with E-state index in [0.29, 0.717) is 24.9 Å². The molecule has 0 bridgehead atoms. The van der Waals surface area contributed by atoms with Gasteiger partial charge >= 0.3 is 0 Å². The molecule has 0 radical (unpaired) electrons. The molecule has 0 spiro atoms. The quantitative estimate of drug-likeness (QED) is 0.383. The molecule has 82 valence electrons. The predicted molar refractivity (Wildman–Crippen MR) is 58.0 cm³/mol. The van der Waals surface area contributed by atoms with Gasteiger partial charge in [-0.15, -0.1) is 0 Å². The summed E-state index contributed by atoms with van der Waals surface area (Å²) in [5.41, 5.74) is 0.669. The van der Waals surface area contributed by atoms with Gasteiger partial charge in [-0.25, -0.2) is 0 Å². The van der Waals surface area contributed by atoms with Crippen LogP contribution in [0.25, 0.3) is 0 Å². The highest BCUT2D eigenvalue weighted by atomic mass is 16.5. The number of aliphatic hydroxyl groups is 2. The van der Waals surface area contributed by atoms with E-state index in [1.807, 2.05) is 6.07 Å². The molecule has 0 fully saturated rings. The van der Waals surface area contributed by atoms with Crippen molar-refractivity contribution in [2.45, 2.75) is 19.1 Å². The van der Waals surface area contributed by atoms with Crippen LogP contribution in [0, 0.1) is 0 Å². The van der Waals surface area contributed by atoms with E-state index in [2.05, 4.69) is 4.99 Å². The molecule has 1 aromatic carbocycles. The van der Waals surface area contributed by atoms with Crippen molar-refractivity contribution < 1.29 is 15.3 Å². The van der Waals surface area contributed by atoms with Crippen molar-refractivity contribution in [1.82, 2.24) is 0 Å². The second kappa shape index (κ2) is 6.16. The SMILES string of the molecule is Oc1ccccc1C=NCCCC(O)O. The van der Waals surface area contributed by atoms with Gasteiger partial charge in [-0.3, -0.25) is 4.99 Å². The number of para-hydroxylation sites is 1. The third kappa shape index (κ3) is 4.58. The van der Waals surface area contributed by atoms with Crippen molar-refractivity contribution in [2.24, 2.45) is 4.99 Å². The molecule has 15 heavy (non-hydrogen) atoms. The molecule has 0 amide bonds. The number of phenolic OH excluding ortho intramolecular Hbond substituents is 1. The van der Waals surface area contributed by atoms with Gasteiger partial charge in [0.2, 0.25) is 0 Å². The van der Waals surface area contributed by atoms with Crippen molar-refractivity contribution in [1.29, 1.82) is 0 Å². The lowest BCUT2D eigenvalue weighted by Gasteiger charge is -2.00. The van der Waals surface area contributed by atoms with E-state index in [4.69, 9.17) is 10.2 Å². The van der Waals surface area contributed by atoms with Gasteiger partial charge in [0.1, 0.15) is 5.75 Å². The van der Waals surface area contributed by atoms with Crippen molar-refractivity contribution in [3.05, 3.63) is 29.8 Å². The number of hydrogen-bond donors (Lipinski definition) is 3. The summed E-state index contributed by atoms with van der Waals surface area (Å²) in [6.07, 6.45) is 1.25.